The second kappa shape index (κ2) is 7.27. The first-order valence-corrected chi connectivity index (χ1v) is 7.50. The summed E-state index contributed by atoms with van der Waals surface area (Å²) >= 11 is 0. The van der Waals surface area contributed by atoms with Crippen molar-refractivity contribution in [1.29, 1.82) is 0 Å². The average Bonchev–Trinajstić information content (AvgIpc) is 2.64. The summed E-state index contributed by atoms with van der Waals surface area (Å²) in [6.07, 6.45) is 0. The molecule has 25 heavy (non-hydrogen) atoms. The van der Waals surface area contributed by atoms with Crippen LogP contribution in [0, 0.1) is 10.1 Å². The van der Waals surface area contributed by atoms with Crippen LogP contribution < -0.4 is 10.1 Å². The summed E-state index contributed by atoms with van der Waals surface area (Å²) in [5, 5.41) is 13.4. The lowest BCUT2D eigenvalue weighted by Crippen LogP contribution is -2.11. The van der Waals surface area contributed by atoms with Crippen molar-refractivity contribution >= 4 is 17.3 Å². The standard InChI is InChI=1S/C19H14N2O4/c22-19(14-6-10-16(11-7-14)21(23)24)20-15-8-12-18(13-9-15)25-17-4-2-1-3-5-17/h1-13H,(H,20,22). The summed E-state index contributed by atoms with van der Waals surface area (Å²) < 4.78 is 5.68. The molecule has 0 unspecified atom stereocenters. The minimum atomic E-state index is -0.507. The van der Waals surface area contributed by atoms with E-state index in [1.54, 1.807) is 24.3 Å². The smallest absolute Gasteiger partial charge is 0.269 e. The van der Waals surface area contributed by atoms with Crippen molar-refractivity contribution in [1.82, 2.24) is 0 Å². The number of nitro groups is 1. The predicted molar refractivity (Wildman–Crippen MR) is 94.0 cm³/mol. The first kappa shape index (κ1) is 16.2. The summed E-state index contributed by atoms with van der Waals surface area (Å²) in [6.45, 7) is 0. The van der Waals surface area contributed by atoms with Gasteiger partial charge in [-0.1, -0.05) is 18.2 Å². The molecule has 0 heterocycles. The van der Waals surface area contributed by atoms with Gasteiger partial charge in [0.25, 0.3) is 11.6 Å². The monoisotopic (exact) mass is 334 g/mol. The number of anilines is 1. The maximum Gasteiger partial charge on any atom is 0.269 e. The lowest BCUT2D eigenvalue weighted by molar-refractivity contribution is -0.384. The van der Waals surface area contributed by atoms with Crippen molar-refractivity contribution in [3.8, 4) is 11.5 Å². The van der Waals surface area contributed by atoms with Gasteiger partial charge in [-0.3, -0.25) is 14.9 Å². The number of amides is 1. The molecule has 3 rings (SSSR count). The number of para-hydroxylation sites is 1. The van der Waals surface area contributed by atoms with Gasteiger partial charge in [0.1, 0.15) is 11.5 Å². The third-order valence-electron chi connectivity index (χ3n) is 3.43. The zero-order valence-electron chi connectivity index (χ0n) is 13.1. The third-order valence-corrected chi connectivity index (χ3v) is 3.43. The van der Waals surface area contributed by atoms with Crippen molar-refractivity contribution in [3.63, 3.8) is 0 Å². The number of non-ortho nitro benzene ring substituents is 1. The zero-order chi connectivity index (χ0) is 17.6. The molecule has 0 radical (unpaired) electrons. The van der Waals surface area contributed by atoms with E-state index >= 15 is 0 Å². The number of hydrogen-bond donors (Lipinski definition) is 1. The van der Waals surface area contributed by atoms with E-state index in [9.17, 15) is 14.9 Å². The van der Waals surface area contributed by atoms with E-state index in [0.29, 0.717) is 17.0 Å². The molecule has 0 aromatic heterocycles. The van der Waals surface area contributed by atoms with Crippen LogP contribution in [-0.4, -0.2) is 10.8 Å². The molecule has 0 aliphatic rings. The second-order valence-electron chi connectivity index (χ2n) is 5.20. The molecule has 6 heteroatoms. The Morgan fingerprint density at radius 3 is 2.04 bits per heavy atom. The van der Waals surface area contributed by atoms with Crippen LogP contribution in [0.15, 0.2) is 78.9 Å². The molecule has 0 aliphatic heterocycles. The maximum absolute atomic E-state index is 12.2. The molecule has 1 N–H and O–H groups in total. The number of rotatable bonds is 5. The summed E-state index contributed by atoms with van der Waals surface area (Å²) in [5.74, 6) is 1.04. The highest BCUT2D eigenvalue weighted by atomic mass is 16.6. The number of benzene rings is 3. The molecule has 124 valence electrons. The molecule has 3 aromatic rings. The van der Waals surface area contributed by atoms with E-state index in [0.717, 1.165) is 5.75 Å². The van der Waals surface area contributed by atoms with E-state index in [4.69, 9.17) is 4.74 Å². The zero-order valence-corrected chi connectivity index (χ0v) is 13.1. The molecule has 0 fully saturated rings. The van der Waals surface area contributed by atoms with E-state index in [-0.39, 0.29) is 11.6 Å². The highest BCUT2D eigenvalue weighted by molar-refractivity contribution is 6.04. The van der Waals surface area contributed by atoms with Crippen LogP contribution >= 0.6 is 0 Å². The highest BCUT2D eigenvalue weighted by Crippen LogP contribution is 2.23. The molecule has 0 saturated carbocycles. The van der Waals surface area contributed by atoms with E-state index in [2.05, 4.69) is 5.32 Å². The highest BCUT2D eigenvalue weighted by Gasteiger charge is 2.09. The largest absolute Gasteiger partial charge is 0.457 e. The van der Waals surface area contributed by atoms with Crippen molar-refractivity contribution in [2.75, 3.05) is 5.32 Å². The lowest BCUT2D eigenvalue weighted by atomic mass is 10.2. The number of nitrogens with zero attached hydrogens (tertiary/aromatic N) is 1. The van der Waals surface area contributed by atoms with E-state index in [1.165, 1.54) is 24.3 Å². The Morgan fingerprint density at radius 1 is 0.840 bits per heavy atom. The molecule has 0 spiro atoms. The van der Waals surface area contributed by atoms with Gasteiger partial charge in [-0.05, 0) is 48.5 Å². The molecule has 1 amide bonds. The average molecular weight is 334 g/mol. The van der Waals surface area contributed by atoms with E-state index in [1.807, 2.05) is 30.3 Å². The fourth-order valence-electron chi connectivity index (χ4n) is 2.17. The molecule has 3 aromatic carbocycles. The Kier molecular flexibility index (Phi) is 4.71. The van der Waals surface area contributed by atoms with Gasteiger partial charge in [0.05, 0.1) is 4.92 Å². The molecular formula is C19H14N2O4. The summed E-state index contributed by atoms with van der Waals surface area (Å²) in [7, 11) is 0. The normalized spacial score (nSPS) is 10.1. The van der Waals surface area contributed by atoms with Crippen LogP contribution in [0.5, 0.6) is 11.5 Å². The molecule has 6 nitrogen and oxygen atoms in total. The maximum atomic E-state index is 12.2. The van der Waals surface area contributed by atoms with Gasteiger partial charge in [-0.25, -0.2) is 0 Å². The predicted octanol–water partition coefficient (Wildman–Crippen LogP) is 4.64. The van der Waals surface area contributed by atoms with Gasteiger partial charge in [-0.2, -0.15) is 0 Å². The molecule has 0 bridgehead atoms. The van der Waals surface area contributed by atoms with Crippen LogP contribution in [-0.2, 0) is 0 Å². The number of carbonyl (C=O) groups is 1. The summed E-state index contributed by atoms with van der Waals surface area (Å²) in [6, 6.07) is 21.7. The Labute approximate surface area is 143 Å². The fourth-order valence-corrected chi connectivity index (χ4v) is 2.17. The quantitative estimate of drug-likeness (QED) is 0.544. The van der Waals surface area contributed by atoms with Gasteiger partial charge in [0.2, 0.25) is 0 Å². The topological polar surface area (TPSA) is 81.5 Å². The van der Waals surface area contributed by atoms with Crippen LogP contribution in [0.2, 0.25) is 0 Å². The first-order valence-electron chi connectivity index (χ1n) is 7.50. The second-order valence-corrected chi connectivity index (χ2v) is 5.20. The minimum absolute atomic E-state index is 0.0565. The number of hydrogen-bond acceptors (Lipinski definition) is 4. The number of nitro benzene ring substituents is 1. The molecule has 0 saturated heterocycles. The summed E-state index contributed by atoms with van der Waals surface area (Å²) in [5.41, 5.74) is 0.887. The summed E-state index contributed by atoms with van der Waals surface area (Å²) in [4.78, 5) is 22.3. The van der Waals surface area contributed by atoms with Crippen molar-refractivity contribution in [2.45, 2.75) is 0 Å². The Morgan fingerprint density at radius 2 is 1.44 bits per heavy atom. The van der Waals surface area contributed by atoms with Gasteiger partial charge in [0, 0.05) is 23.4 Å². The van der Waals surface area contributed by atoms with Crippen molar-refractivity contribution in [3.05, 3.63) is 94.5 Å². The fraction of sp³-hybridized carbons (Fsp3) is 0. The Balaban J connectivity index is 1.64. The molecule has 0 aliphatic carbocycles. The van der Waals surface area contributed by atoms with Crippen LogP contribution in [0.25, 0.3) is 0 Å². The number of carbonyl (C=O) groups excluding carboxylic acids is 1. The number of ether oxygens (including phenoxy) is 1. The van der Waals surface area contributed by atoms with Gasteiger partial charge in [0.15, 0.2) is 0 Å². The van der Waals surface area contributed by atoms with Crippen molar-refractivity contribution < 1.29 is 14.5 Å². The van der Waals surface area contributed by atoms with Gasteiger partial charge < -0.3 is 10.1 Å². The SMILES string of the molecule is O=C(Nc1ccc(Oc2ccccc2)cc1)c1ccc([N+](=O)[O-])cc1. The Bertz CT molecular complexity index is 876. The number of nitrogens with one attached hydrogen (secondary N) is 1. The van der Waals surface area contributed by atoms with Crippen LogP contribution in [0.4, 0.5) is 11.4 Å². The van der Waals surface area contributed by atoms with Crippen LogP contribution in [0.3, 0.4) is 0 Å². The molecular weight excluding hydrogens is 320 g/mol. The first-order chi connectivity index (χ1) is 12.1. The molecule has 0 atom stereocenters. The van der Waals surface area contributed by atoms with Crippen molar-refractivity contribution in [2.24, 2.45) is 0 Å². The third kappa shape index (κ3) is 4.20. The Hall–Kier alpha value is -3.67. The van der Waals surface area contributed by atoms with Gasteiger partial charge >= 0.3 is 0 Å². The van der Waals surface area contributed by atoms with Gasteiger partial charge in [-0.15, -0.1) is 0 Å². The minimum Gasteiger partial charge on any atom is -0.457 e. The van der Waals surface area contributed by atoms with Crippen LogP contribution in [0.1, 0.15) is 10.4 Å². The van der Waals surface area contributed by atoms with E-state index < -0.39 is 4.92 Å². The lowest BCUT2D eigenvalue weighted by Gasteiger charge is -2.08.